The Morgan fingerprint density at radius 3 is 2.54 bits per heavy atom. The van der Waals surface area contributed by atoms with Gasteiger partial charge >= 0.3 is 10.2 Å². The summed E-state index contributed by atoms with van der Waals surface area (Å²) in [6.07, 6.45) is 2.94. The molecule has 0 radical (unpaired) electrons. The number of hydrogen-bond donors (Lipinski definition) is 2. The van der Waals surface area contributed by atoms with Gasteiger partial charge in [-0.1, -0.05) is 22.5 Å². The number of benzene rings is 1. The molecule has 7 nitrogen and oxygen atoms in total. The van der Waals surface area contributed by atoms with Gasteiger partial charge in [0, 0.05) is 35.5 Å². The largest absolute Gasteiger partial charge is 0.351 e. The third-order valence-corrected chi connectivity index (χ3v) is 6.37. The first kappa shape index (κ1) is 20.6. The number of anilines is 3. The van der Waals surface area contributed by atoms with Crippen LogP contribution in [0.15, 0.2) is 46.3 Å². The molecule has 0 amide bonds. The summed E-state index contributed by atoms with van der Waals surface area (Å²) in [6, 6.07) is 5.54. The lowest BCUT2D eigenvalue weighted by molar-refractivity contribution is 0.469. The standard InChI is InChI=1S/C18H20BrFN4O3S/c1-11(2)24-10-17(22-28(26,27)23(3)13-5-6-13)16(9-18(24)25)21-15-7-4-12(19)8-14(15)20/h4,7-10,13,21-22H,1,5-6H2,2-3H3. The highest BCUT2D eigenvalue weighted by Crippen LogP contribution is 2.31. The lowest BCUT2D eigenvalue weighted by atomic mass is 10.2. The minimum Gasteiger partial charge on any atom is -0.351 e. The molecule has 1 aromatic carbocycles. The topological polar surface area (TPSA) is 83.4 Å². The Labute approximate surface area is 171 Å². The number of aromatic nitrogens is 1. The van der Waals surface area contributed by atoms with Gasteiger partial charge in [-0.2, -0.15) is 12.7 Å². The summed E-state index contributed by atoms with van der Waals surface area (Å²) in [4.78, 5) is 12.4. The van der Waals surface area contributed by atoms with Crippen LogP contribution in [0.1, 0.15) is 19.8 Å². The molecule has 1 heterocycles. The van der Waals surface area contributed by atoms with E-state index in [9.17, 15) is 17.6 Å². The number of rotatable bonds is 7. The average Bonchev–Trinajstić information content (AvgIpc) is 3.43. The molecule has 2 N–H and O–H groups in total. The van der Waals surface area contributed by atoms with Crippen molar-refractivity contribution >= 4 is 48.9 Å². The third kappa shape index (κ3) is 4.45. The van der Waals surface area contributed by atoms with Gasteiger partial charge in [-0.25, -0.2) is 4.39 Å². The van der Waals surface area contributed by atoms with Gasteiger partial charge in [-0.05, 0) is 38.0 Å². The summed E-state index contributed by atoms with van der Waals surface area (Å²) in [7, 11) is -2.34. The van der Waals surface area contributed by atoms with Gasteiger partial charge in [-0.15, -0.1) is 0 Å². The van der Waals surface area contributed by atoms with E-state index in [4.69, 9.17) is 0 Å². The number of pyridine rings is 1. The Balaban J connectivity index is 2.04. The molecule has 0 spiro atoms. The maximum absolute atomic E-state index is 14.2. The Kier molecular flexibility index (Phi) is 5.64. The molecule has 1 saturated carbocycles. The van der Waals surface area contributed by atoms with Gasteiger partial charge in [0.15, 0.2) is 0 Å². The summed E-state index contributed by atoms with van der Waals surface area (Å²) < 4.78 is 45.1. The first-order valence-corrected chi connectivity index (χ1v) is 10.7. The summed E-state index contributed by atoms with van der Waals surface area (Å²) in [5.41, 5.74) is 0.342. The van der Waals surface area contributed by atoms with Gasteiger partial charge in [-0.3, -0.25) is 14.1 Å². The van der Waals surface area contributed by atoms with Crippen LogP contribution in [0.4, 0.5) is 21.5 Å². The van der Waals surface area contributed by atoms with Crippen LogP contribution in [-0.2, 0) is 10.2 Å². The second-order valence-corrected chi connectivity index (χ2v) is 9.29. The van der Waals surface area contributed by atoms with Gasteiger partial charge in [0.05, 0.1) is 17.1 Å². The normalized spacial score (nSPS) is 14.2. The van der Waals surface area contributed by atoms with Crippen molar-refractivity contribution in [1.82, 2.24) is 8.87 Å². The molecule has 3 rings (SSSR count). The molecule has 1 aliphatic rings. The minimum absolute atomic E-state index is 0.0372. The van der Waals surface area contributed by atoms with Gasteiger partial charge in [0.1, 0.15) is 5.82 Å². The van der Waals surface area contributed by atoms with Crippen LogP contribution in [0.5, 0.6) is 0 Å². The fourth-order valence-electron chi connectivity index (χ4n) is 2.60. The Morgan fingerprint density at radius 1 is 1.29 bits per heavy atom. The molecule has 1 aliphatic carbocycles. The molecule has 0 aliphatic heterocycles. The molecule has 0 bridgehead atoms. The molecule has 1 fully saturated rings. The summed E-state index contributed by atoms with van der Waals surface area (Å²) in [5, 5.41) is 2.80. The van der Waals surface area contributed by atoms with Gasteiger partial charge in [0.25, 0.3) is 5.56 Å². The lowest BCUT2D eigenvalue weighted by Gasteiger charge is -2.21. The number of nitrogens with zero attached hydrogens (tertiary/aromatic N) is 2. The van der Waals surface area contributed by atoms with Crippen LogP contribution in [0.3, 0.4) is 0 Å². The second-order valence-electron chi connectivity index (χ2n) is 6.65. The molecule has 150 valence electrons. The highest BCUT2D eigenvalue weighted by atomic mass is 79.9. The summed E-state index contributed by atoms with van der Waals surface area (Å²) >= 11 is 3.18. The van der Waals surface area contributed by atoms with E-state index in [1.165, 1.54) is 40.3 Å². The fourth-order valence-corrected chi connectivity index (χ4v) is 4.12. The lowest BCUT2D eigenvalue weighted by Crippen LogP contribution is -2.34. The van der Waals surface area contributed by atoms with Crippen molar-refractivity contribution in [2.45, 2.75) is 25.8 Å². The van der Waals surface area contributed by atoms with Gasteiger partial charge in [0.2, 0.25) is 0 Å². The average molecular weight is 471 g/mol. The molecule has 2 aromatic rings. The number of allylic oxidation sites excluding steroid dienone is 1. The van der Waals surface area contributed by atoms with Crippen molar-refractivity contribution in [3.8, 4) is 0 Å². The zero-order valence-electron chi connectivity index (χ0n) is 15.4. The zero-order chi connectivity index (χ0) is 20.6. The van der Waals surface area contributed by atoms with Crippen LogP contribution in [0.25, 0.3) is 5.70 Å². The monoisotopic (exact) mass is 470 g/mol. The number of nitrogens with one attached hydrogen (secondary N) is 2. The first-order chi connectivity index (χ1) is 13.1. The van der Waals surface area contributed by atoms with Crippen molar-refractivity contribution in [2.75, 3.05) is 17.1 Å². The maximum Gasteiger partial charge on any atom is 0.301 e. The van der Waals surface area contributed by atoms with E-state index in [0.717, 1.165) is 12.8 Å². The van der Waals surface area contributed by atoms with E-state index in [1.54, 1.807) is 13.0 Å². The fraction of sp³-hybridized carbons (Fsp3) is 0.278. The number of halogens is 2. The summed E-state index contributed by atoms with van der Waals surface area (Å²) in [5.74, 6) is -0.553. The van der Waals surface area contributed by atoms with Gasteiger partial charge < -0.3 is 5.32 Å². The molecule has 0 atom stereocenters. The smallest absolute Gasteiger partial charge is 0.301 e. The molecule has 0 saturated heterocycles. The highest BCUT2D eigenvalue weighted by molar-refractivity contribution is 9.10. The molecule has 1 aromatic heterocycles. The Hall–Kier alpha value is -2.17. The third-order valence-electron chi connectivity index (χ3n) is 4.34. The predicted molar refractivity (Wildman–Crippen MR) is 112 cm³/mol. The van der Waals surface area contributed by atoms with Crippen LogP contribution in [-0.4, -0.2) is 30.4 Å². The number of hydrogen-bond acceptors (Lipinski definition) is 4. The summed E-state index contributed by atoms with van der Waals surface area (Å²) in [6.45, 7) is 5.35. The van der Waals surface area contributed by atoms with Crippen molar-refractivity contribution in [3.05, 3.63) is 57.7 Å². The Morgan fingerprint density at radius 2 is 1.96 bits per heavy atom. The SMILES string of the molecule is C=C(C)n1cc(NS(=O)(=O)N(C)C2CC2)c(Nc2ccc(Br)cc2F)cc1=O. The quantitative estimate of drug-likeness (QED) is 0.645. The van der Waals surface area contributed by atoms with E-state index in [0.29, 0.717) is 10.2 Å². The Bertz CT molecular complexity index is 1100. The molecule has 28 heavy (non-hydrogen) atoms. The van der Waals surface area contributed by atoms with E-state index >= 15 is 0 Å². The molecule has 0 unspecified atom stereocenters. The first-order valence-electron chi connectivity index (χ1n) is 8.49. The molecular weight excluding hydrogens is 451 g/mol. The van der Waals surface area contributed by atoms with Crippen LogP contribution in [0, 0.1) is 5.82 Å². The van der Waals surface area contributed by atoms with Crippen LogP contribution < -0.4 is 15.6 Å². The van der Waals surface area contributed by atoms with Crippen molar-refractivity contribution in [2.24, 2.45) is 0 Å². The van der Waals surface area contributed by atoms with Crippen molar-refractivity contribution in [3.63, 3.8) is 0 Å². The highest BCUT2D eigenvalue weighted by Gasteiger charge is 2.34. The minimum atomic E-state index is -3.84. The zero-order valence-corrected chi connectivity index (χ0v) is 17.8. The van der Waals surface area contributed by atoms with E-state index < -0.39 is 21.6 Å². The molecular formula is C18H20BrFN4O3S. The van der Waals surface area contributed by atoms with E-state index in [1.807, 2.05) is 0 Å². The van der Waals surface area contributed by atoms with Crippen LogP contribution >= 0.6 is 15.9 Å². The molecule has 10 heteroatoms. The van der Waals surface area contributed by atoms with Crippen molar-refractivity contribution < 1.29 is 12.8 Å². The maximum atomic E-state index is 14.2. The van der Waals surface area contributed by atoms with Crippen LogP contribution in [0.2, 0.25) is 0 Å². The predicted octanol–water partition coefficient (Wildman–Crippen LogP) is 3.74. The van der Waals surface area contributed by atoms with Crippen molar-refractivity contribution in [1.29, 1.82) is 0 Å². The van der Waals surface area contributed by atoms with E-state index in [-0.39, 0.29) is 23.1 Å². The second kappa shape index (κ2) is 7.69. The van der Waals surface area contributed by atoms with E-state index in [2.05, 4.69) is 32.5 Å².